The van der Waals surface area contributed by atoms with Gasteiger partial charge in [-0.15, -0.1) is 22.7 Å². The van der Waals surface area contributed by atoms with E-state index in [1.807, 2.05) is 36.6 Å². The highest BCUT2D eigenvalue weighted by molar-refractivity contribution is 7.99. The fourth-order valence-corrected chi connectivity index (χ4v) is 5.00. The highest BCUT2D eigenvalue weighted by Gasteiger charge is 2.18. The maximum absolute atomic E-state index is 12.5. The molecular weight excluding hydrogens is 410 g/mol. The summed E-state index contributed by atoms with van der Waals surface area (Å²) < 4.78 is 5.55. The normalized spacial score (nSPS) is 11.1. The fourth-order valence-electron chi connectivity index (χ4n) is 2.74. The van der Waals surface area contributed by atoms with Crippen molar-refractivity contribution in [3.8, 4) is 21.1 Å². The molecule has 0 aliphatic rings. The minimum absolute atomic E-state index is 0.0331. The van der Waals surface area contributed by atoms with Gasteiger partial charge in [-0.2, -0.15) is 0 Å². The van der Waals surface area contributed by atoms with E-state index in [1.165, 1.54) is 11.8 Å². The zero-order valence-corrected chi connectivity index (χ0v) is 17.9. The number of H-pyrrole nitrogens is 1. The van der Waals surface area contributed by atoms with Gasteiger partial charge in [0.05, 0.1) is 27.7 Å². The summed E-state index contributed by atoms with van der Waals surface area (Å²) in [5.41, 5.74) is 1.94. The number of carbonyl (C=O) groups excluding carboxylic acids is 1. The van der Waals surface area contributed by atoms with Crippen molar-refractivity contribution in [2.24, 2.45) is 0 Å². The fraction of sp³-hybridized carbons (Fsp3) is 0.200. The molecule has 0 aromatic carbocycles. The molecule has 8 heteroatoms. The molecule has 1 N–H and O–H groups in total. The average Bonchev–Trinajstić information content (AvgIpc) is 3.45. The summed E-state index contributed by atoms with van der Waals surface area (Å²) in [5, 5.41) is 4.85. The van der Waals surface area contributed by atoms with E-state index in [9.17, 15) is 4.79 Å². The van der Waals surface area contributed by atoms with Gasteiger partial charge in [-0.25, -0.2) is 4.98 Å². The zero-order chi connectivity index (χ0) is 19.5. The van der Waals surface area contributed by atoms with Crippen molar-refractivity contribution in [1.82, 2.24) is 14.9 Å². The van der Waals surface area contributed by atoms with Crippen LogP contribution in [0.25, 0.3) is 21.1 Å². The van der Waals surface area contributed by atoms with Crippen LogP contribution in [0.4, 0.5) is 0 Å². The molecule has 0 spiro atoms. The largest absolute Gasteiger partial charge is 0.464 e. The summed E-state index contributed by atoms with van der Waals surface area (Å²) in [6.07, 6.45) is 0. The van der Waals surface area contributed by atoms with Gasteiger partial charge in [0.2, 0.25) is 5.91 Å². The van der Waals surface area contributed by atoms with E-state index in [1.54, 1.807) is 34.6 Å². The molecule has 0 saturated heterocycles. The smallest absolute Gasteiger partial charge is 0.233 e. The number of hydrogen-bond acceptors (Lipinski definition) is 6. The number of hydrogen-bond donors (Lipinski definition) is 1. The molecule has 0 saturated carbocycles. The van der Waals surface area contributed by atoms with Crippen LogP contribution in [0.1, 0.15) is 11.5 Å². The quantitative estimate of drug-likeness (QED) is 0.393. The van der Waals surface area contributed by atoms with Gasteiger partial charge < -0.3 is 14.3 Å². The predicted octanol–water partition coefficient (Wildman–Crippen LogP) is 5.52. The molecule has 5 nitrogen and oxygen atoms in total. The van der Waals surface area contributed by atoms with Crippen molar-refractivity contribution in [2.45, 2.75) is 18.6 Å². The van der Waals surface area contributed by atoms with Crippen LogP contribution in [0.3, 0.4) is 0 Å². The number of imidazole rings is 1. The molecule has 0 bridgehead atoms. The summed E-state index contributed by atoms with van der Waals surface area (Å²) in [7, 11) is 1.79. The van der Waals surface area contributed by atoms with Crippen molar-refractivity contribution < 1.29 is 9.21 Å². The Morgan fingerprint density at radius 3 is 2.57 bits per heavy atom. The number of amides is 1. The minimum atomic E-state index is 0.0331. The first-order valence-electron chi connectivity index (χ1n) is 8.70. The molecule has 0 unspecified atom stereocenters. The van der Waals surface area contributed by atoms with E-state index in [-0.39, 0.29) is 5.91 Å². The Morgan fingerprint density at radius 2 is 1.93 bits per heavy atom. The summed E-state index contributed by atoms with van der Waals surface area (Å²) in [6, 6.07) is 12.0. The molecule has 4 heterocycles. The second-order valence-electron chi connectivity index (χ2n) is 6.27. The average molecular weight is 430 g/mol. The first kappa shape index (κ1) is 19.0. The number of aryl methyl sites for hydroxylation is 1. The second-order valence-corrected chi connectivity index (χ2v) is 9.13. The van der Waals surface area contributed by atoms with E-state index in [0.29, 0.717) is 12.3 Å². The van der Waals surface area contributed by atoms with Gasteiger partial charge in [-0.3, -0.25) is 4.79 Å². The number of nitrogens with zero attached hydrogens (tertiary/aromatic N) is 2. The van der Waals surface area contributed by atoms with Crippen LogP contribution < -0.4 is 0 Å². The van der Waals surface area contributed by atoms with Gasteiger partial charge in [-0.1, -0.05) is 23.9 Å². The Balaban J connectivity index is 1.46. The van der Waals surface area contributed by atoms with E-state index in [0.717, 1.165) is 37.8 Å². The lowest BCUT2D eigenvalue weighted by Gasteiger charge is -2.14. The number of aromatic amines is 1. The van der Waals surface area contributed by atoms with Crippen LogP contribution in [0.5, 0.6) is 0 Å². The molecule has 0 aliphatic heterocycles. The summed E-state index contributed by atoms with van der Waals surface area (Å²) in [5.74, 6) is 1.99. The summed E-state index contributed by atoms with van der Waals surface area (Å²) >= 11 is 4.76. The van der Waals surface area contributed by atoms with Crippen molar-refractivity contribution in [1.29, 1.82) is 0 Å². The Hall–Kier alpha value is -2.29. The van der Waals surface area contributed by atoms with Crippen molar-refractivity contribution in [3.05, 3.63) is 58.7 Å². The van der Waals surface area contributed by atoms with Crippen molar-refractivity contribution in [2.75, 3.05) is 12.8 Å². The van der Waals surface area contributed by atoms with Gasteiger partial charge >= 0.3 is 0 Å². The zero-order valence-electron chi connectivity index (χ0n) is 15.5. The van der Waals surface area contributed by atoms with Gasteiger partial charge in [0.25, 0.3) is 0 Å². The van der Waals surface area contributed by atoms with Crippen LogP contribution in [0.2, 0.25) is 0 Å². The van der Waals surface area contributed by atoms with Crippen LogP contribution in [0, 0.1) is 6.92 Å². The van der Waals surface area contributed by atoms with Gasteiger partial charge in [0.1, 0.15) is 17.2 Å². The van der Waals surface area contributed by atoms with Crippen LogP contribution in [-0.4, -0.2) is 33.6 Å². The van der Waals surface area contributed by atoms with Crippen molar-refractivity contribution >= 4 is 40.3 Å². The highest BCUT2D eigenvalue weighted by Crippen LogP contribution is 2.36. The molecule has 1 amide bonds. The van der Waals surface area contributed by atoms with Gasteiger partial charge in [-0.05, 0) is 41.9 Å². The molecule has 4 aromatic heterocycles. The lowest BCUT2D eigenvalue weighted by Crippen LogP contribution is -2.27. The van der Waals surface area contributed by atoms with Crippen LogP contribution in [-0.2, 0) is 11.3 Å². The topological polar surface area (TPSA) is 62.1 Å². The van der Waals surface area contributed by atoms with Crippen LogP contribution >= 0.6 is 34.4 Å². The number of furan rings is 1. The lowest BCUT2D eigenvalue weighted by atomic mass is 10.2. The summed E-state index contributed by atoms with van der Waals surface area (Å²) in [4.78, 5) is 24.6. The van der Waals surface area contributed by atoms with E-state index >= 15 is 0 Å². The number of aromatic nitrogens is 2. The first-order chi connectivity index (χ1) is 13.6. The molecular formula is C20H19N3O2S3. The first-order valence-corrected chi connectivity index (χ1v) is 11.4. The van der Waals surface area contributed by atoms with E-state index in [4.69, 9.17) is 9.40 Å². The Labute approximate surface area is 175 Å². The molecule has 144 valence electrons. The molecule has 0 atom stereocenters. The third-order valence-electron chi connectivity index (χ3n) is 4.15. The Kier molecular flexibility index (Phi) is 5.70. The van der Waals surface area contributed by atoms with Gasteiger partial charge in [0.15, 0.2) is 5.16 Å². The monoisotopic (exact) mass is 429 g/mol. The maximum Gasteiger partial charge on any atom is 0.233 e. The molecule has 28 heavy (non-hydrogen) atoms. The molecule has 0 radical (unpaired) electrons. The number of thioether (sulfide) groups is 1. The number of thiophene rings is 2. The SMILES string of the molecule is Cc1ccc(CN(C)C(=O)CSc2nc(-c3cccs3)c(-c3cccs3)[nH]2)o1. The highest BCUT2D eigenvalue weighted by atomic mass is 32.2. The molecule has 4 rings (SSSR count). The summed E-state index contributed by atoms with van der Waals surface area (Å²) in [6.45, 7) is 2.36. The third-order valence-corrected chi connectivity index (χ3v) is 6.77. The number of carbonyl (C=O) groups is 1. The molecule has 4 aromatic rings. The number of rotatable bonds is 7. The molecule has 0 aliphatic carbocycles. The second kappa shape index (κ2) is 8.38. The Bertz CT molecular complexity index is 997. The minimum Gasteiger partial charge on any atom is -0.464 e. The predicted molar refractivity (Wildman–Crippen MR) is 116 cm³/mol. The van der Waals surface area contributed by atoms with E-state index in [2.05, 4.69) is 22.5 Å². The van der Waals surface area contributed by atoms with E-state index < -0.39 is 0 Å². The maximum atomic E-state index is 12.5. The van der Waals surface area contributed by atoms with Crippen LogP contribution in [0.15, 0.2) is 56.7 Å². The van der Waals surface area contributed by atoms with Gasteiger partial charge in [0, 0.05) is 7.05 Å². The molecule has 0 fully saturated rings. The van der Waals surface area contributed by atoms with Crippen molar-refractivity contribution in [3.63, 3.8) is 0 Å². The number of nitrogens with one attached hydrogen (secondary N) is 1. The lowest BCUT2D eigenvalue weighted by molar-refractivity contribution is -0.127. The standard InChI is InChI=1S/C20H19N3O2S3/c1-13-7-8-14(25-13)11-23(2)17(24)12-28-20-21-18(15-5-3-9-26-15)19(22-20)16-6-4-10-27-16/h3-10H,11-12H2,1-2H3,(H,21,22). The Morgan fingerprint density at radius 1 is 1.18 bits per heavy atom. The third kappa shape index (κ3) is 4.24.